The van der Waals surface area contributed by atoms with E-state index >= 15 is 0 Å². The monoisotopic (exact) mass is 278 g/mol. The maximum Gasteiger partial charge on any atom is 0.288 e. The van der Waals surface area contributed by atoms with Crippen LogP contribution in [0.4, 0.5) is 11.5 Å². The highest BCUT2D eigenvalue weighted by Crippen LogP contribution is 2.28. The van der Waals surface area contributed by atoms with Crippen molar-refractivity contribution in [2.75, 3.05) is 5.32 Å². The summed E-state index contributed by atoms with van der Waals surface area (Å²) >= 11 is 5.83. The van der Waals surface area contributed by atoms with Crippen molar-refractivity contribution in [2.45, 2.75) is 0 Å². The largest absolute Gasteiger partial charge is 0.305 e. The van der Waals surface area contributed by atoms with Crippen molar-refractivity contribution in [1.29, 1.82) is 0 Å². The van der Waals surface area contributed by atoms with E-state index in [1.165, 1.54) is 36.8 Å². The first-order valence-corrected chi connectivity index (χ1v) is 5.47. The second kappa shape index (κ2) is 5.40. The molecule has 7 nitrogen and oxygen atoms in total. The zero-order valence-electron chi connectivity index (χ0n) is 9.41. The first-order chi connectivity index (χ1) is 9.09. The van der Waals surface area contributed by atoms with E-state index in [0.717, 1.165) is 0 Å². The zero-order chi connectivity index (χ0) is 13.8. The van der Waals surface area contributed by atoms with Crippen LogP contribution in [0.1, 0.15) is 10.4 Å². The fraction of sp³-hybridized carbons (Fsp3) is 0. The minimum absolute atomic E-state index is 0.00141. The topological polar surface area (TPSA) is 98.0 Å². The Labute approximate surface area is 112 Å². The van der Waals surface area contributed by atoms with Crippen LogP contribution in [0, 0.1) is 10.1 Å². The molecule has 1 aromatic carbocycles. The summed E-state index contributed by atoms with van der Waals surface area (Å²) in [6.45, 7) is 0. The summed E-state index contributed by atoms with van der Waals surface area (Å²) < 4.78 is 0. The van der Waals surface area contributed by atoms with Crippen molar-refractivity contribution in [3.8, 4) is 0 Å². The molecule has 0 bridgehead atoms. The molecule has 0 radical (unpaired) electrons. The van der Waals surface area contributed by atoms with Crippen LogP contribution in [0.15, 0.2) is 36.8 Å². The summed E-state index contributed by atoms with van der Waals surface area (Å²) in [7, 11) is 0. The number of nitro benzene ring substituents is 1. The standard InChI is InChI=1S/C11H7ClN4O3/c12-10-7(2-1-3-8(10)16(18)19)11(17)15-9-6-13-4-5-14-9/h1-6H,(H,14,15,17). The van der Waals surface area contributed by atoms with Crippen LogP contribution >= 0.6 is 11.6 Å². The number of nitro groups is 1. The molecular weight excluding hydrogens is 272 g/mol. The second-order valence-corrected chi connectivity index (χ2v) is 3.82. The second-order valence-electron chi connectivity index (χ2n) is 3.44. The van der Waals surface area contributed by atoms with Gasteiger partial charge in [0.2, 0.25) is 0 Å². The number of hydrogen-bond donors (Lipinski definition) is 1. The van der Waals surface area contributed by atoms with Crippen LogP contribution in [0.5, 0.6) is 0 Å². The third-order valence-corrected chi connectivity index (χ3v) is 2.62. The molecule has 19 heavy (non-hydrogen) atoms. The van der Waals surface area contributed by atoms with Gasteiger partial charge in [-0.2, -0.15) is 0 Å². The molecule has 2 rings (SSSR count). The van der Waals surface area contributed by atoms with Gasteiger partial charge in [-0.1, -0.05) is 17.7 Å². The van der Waals surface area contributed by atoms with Gasteiger partial charge in [-0.05, 0) is 6.07 Å². The molecular formula is C11H7ClN4O3. The Morgan fingerprint density at radius 2 is 2.16 bits per heavy atom. The number of aromatic nitrogens is 2. The van der Waals surface area contributed by atoms with E-state index < -0.39 is 10.8 Å². The van der Waals surface area contributed by atoms with Crippen LogP contribution in [0.2, 0.25) is 5.02 Å². The molecule has 0 saturated heterocycles. The van der Waals surface area contributed by atoms with Crippen LogP contribution < -0.4 is 5.32 Å². The van der Waals surface area contributed by atoms with Crippen LogP contribution in [-0.4, -0.2) is 20.8 Å². The molecule has 1 N–H and O–H groups in total. The highest BCUT2D eigenvalue weighted by molar-refractivity contribution is 6.36. The van der Waals surface area contributed by atoms with E-state index in [0.29, 0.717) is 0 Å². The van der Waals surface area contributed by atoms with E-state index in [9.17, 15) is 14.9 Å². The smallest absolute Gasteiger partial charge is 0.288 e. The number of halogens is 1. The van der Waals surface area contributed by atoms with Gasteiger partial charge in [-0.3, -0.25) is 19.9 Å². The number of anilines is 1. The van der Waals surface area contributed by atoms with Crippen molar-refractivity contribution < 1.29 is 9.72 Å². The quantitative estimate of drug-likeness (QED) is 0.686. The lowest BCUT2D eigenvalue weighted by Crippen LogP contribution is -2.14. The maximum atomic E-state index is 11.9. The Bertz CT molecular complexity index is 633. The number of carbonyl (C=O) groups is 1. The summed E-state index contributed by atoms with van der Waals surface area (Å²) in [5.74, 6) is -0.357. The Hall–Kier alpha value is -2.54. The summed E-state index contributed by atoms with van der Waals surface area (Å²) in [6, 6.07) is 4.00. The molecule has 96 valence electrons. The molecule has 0 atom stereocenters. The van der Waals surface area contributed by atoms with Gasteiger partial charge in [0.1, 0.15) is 5.02 Å². The maximum absolute atomic E-state index is 11.9. The predicted molar refractivity (Wildman–Crippen MR) is 68.1 cm³/mol. The van der Waals surface area contributed by atoms with Crippen molar-refractivity contribution in [3.63, 3.8) is 0 Å². The summed E-state index contributed by atoms with van der Waals surface area (Å²) in [5, 5.41) is 13.0. The average Bonchev–Trinajstić information content (AvgIpc) is 2.39. The van der Waals surface area contributed by atoms with Crippen LogP contribution in [-0.2, 0) is 0 Å². The zero-order valence-corrected chi connectivity index (χ0v) is 10.2. The first kappa shape index (κ1) is 12.9. The van der Waals surface area contributed by atoms with E-state index in [-0.39, 0.29) is 22.1 Å². The predicted octanol–water partition coefficient (Wildman–Crippen LogP) is 2.29. The minimum Gasteiger partial charge on any atom is -0.305 e. The van der Waals surface area contributed by atoms with Gasteiger partial charge in [0.15, 0.2) is 5.82 Å². The molecule has 0 unspecified atom stereocenters. The van der Waals surface area contributed by atoms with Gasteiger partial charge in [-0.15, -0.1) is 0 Å². The molecule has 0 saturated carbocycles. The van der Waals surface area contributed by atoms with Gasteiger partial charge in [0, 0.05) is 18.5 Å². The molecule has 0 aliphatic heterocycles. The number of carbonyl (C=O) groups excluding carboxylic acids is 1. The molecule has 0 aliphatic carbocycles. The fourth-order valence-corrected chi connectivity index (χ4v) is 1.66. The van der Waals surface area contributed by atoms with E-state index in [2.05, 4.69) is 15.3 Å². The first-order valence-electron chi connectivity index (χ1n) is 5.10. The number of rotatable bonds is 3. The Kier molecular flexibility index (Phi) is 3.67. The van der Waals surface area contributed by atoms with Crippen molar-refractivity contribution in [1.82, 2.24) is 9.97 Å². The Balaban J connectivity index is 2.30. The van der Waals surface area contributed by atoms with E-state index in [4.69, 9.17) is 11.6 Å². The molecule has 1 amide bonds. The summed E-state index contributed by atoms with van der Waals surface area (Å²) in [5.41, 5.74) is -0.324. The van der Waals surface area contributed by atoms with Crippen LogP contribution in [0.3, 0.4) is 0 Å². The molecule has 1 heterocycles. The van der Waals surface area contributed by atoms with Crippen molar-refractivity contribution >= 4 is 29.0 Å². The Morgan fingerprint density at radius 1 is 1.37 bits per heavy atom. The third kappa shape index (κ3) is 2.83. The molecule has 0 fully saturated rings. The van der Waals surface area contributed by atoms with Gasteiger partial charge < -0.3 is 5.32 Å². The fourth-order valence-electron chi connectivity index (χ4n) is 1.38. The van der Waals surface area contributed by atoms with E-state index in [1.54, 1.807) is 0 Å². The number of amides is 1. The average molecular weight is 279 g/mol. The van der Waals surface area contributed by atoms with Crippen molar-refractivity contribution in [3.05, 3.63) is 57.5 Å². The Morgan fingerprint density at radius 3 is 2.79 bits per heavy atom. The minimum atomic E-state index is -0.651. The van der Waals surface area contributed by atoms with Gasteiger partial charge in [0.25, 0.3) is 11.6 Å². The normalized spacial score (nSPS) is 9.95. The molecule has 1 aromatic heterocycles. The van der Waals surface area contributed by atoms with E-state index in [1.807, 2.05) is 0 Å². The number of hydrogen-bond acceptors (Lipinski definition) is 5. The lowest BCUT2D eigenvalue weighted by molar-refractivity contribution is -0.384. The molecule has 8 heteroatoms. The summed E-state index contributed by atoms with van der Waals surface area (Å²) in [6.07, 6.45) is 4.21. The van der Waals surface area contributed by atoms with Gasteiger partial charge in [0.05, 0.1) is 16.7 Å². The highest BCUT2D eigenvalue weighted by atomic mass is 35.5. The number of nitrogens with one attached hydrogen (secondary N) is 1. The third-order valence-electron chi connectivity index (χ3n) is 2.22. The lowest BCUT2D eigenvalue weighted by atomic mass is 10.2. The highest BCUT2D eigenvalue weighted by Gasteiger charge is 2.20. The molecule has 0 spiro atoms. The summed E-state index contributed by atoms with van der Waals surface area (Å²) in [4.78, 5) is 29.6. The molecule has 2 aromatic rings. The van der Waals surface area contributed by atoms with Gasteiger partial charge >= 0.3 is 0 Å². The van der Waals surface area contributed by atoms with Crippen molar-refractivity contribution in [2.24, 2.45) is 0 Å². The molecule has 0 aliphatic rings. The SMILES string of the molecule is O=C(Nc1cnccn1)c1cccc([N+](=O)[O-])c1Cl. The lowest BCUT2D eigenvalue weighted by Gasteiger charge is -2.05. The van der Waals surface area contributed by atoms with Gasteiger partial charge in [-0.25, -0.2) is 4.98 Å². The number of benzene rings is 1. The van der Waals surface area contributed by atoms with Crippen LogP contribution in [0.25, 0.3) is 0 Å². The number of nitrogens with zero attached hydrogens (tertiary/aromatic N) is 3.